The smallest absolute Gasteiger partial charge is 0.155 e. The highest BCUT2D eigenvalue weighted by molar-refractivity contribution is 7.09. The van der Waals surface area contributed by atoms with Crippen LogP contribution in [0.3, 0.4) is 0 Å². The predicted octanol–water partition coefficient (Wildman–Crippen LogP) is 0.0927. The van der Waals surface area contributed by atoms with Crippen molar-refractivity contribution in [3.8, 4) is 0 Å². The normalized spacial score (nSPS) is 13.8. The summed E-state index contributed by atoms with van der Waals surface area (Å²) in [6.45, 7) is 0. The summed E-state index contributed by atoms with van der Waals surface area (Å²) in [5.74, 6) is 0. The maximum atomic E-state index is 8.64. The minimum atomic E-state index is -0.907. The fraction of sp³-hybridized carbons (Fsp3) is 0.250. The van der Waals surface area contributed by atoms with Gasteiger partial charge < -0.3 is 10.8 Å². The second-order valence-corrected chi connectivity index (χ2v) is 2.24. The zero-order chi connectivity index (χ0) is 5.98. The van der Waals surface area contributed by atoms with Gasteiger partial charge in [-0.05, 0) is 0 Å². The summed E-state index contributed by atoms with van der Waals surface area (Å²) in [6, 6.07) is 0. The first kappa shape index (κ1) is 5.68. The van der Waals surface area contributed by atoms with Crippen molar-refractivity contribution in [2.24, 2.45) is 5.73 Å². The lowest BCUT2D eigenvalue weighted by Gasteiger charge is -1.94. The monoisotopic (exact) mass is 130 g/mol. The molecule has 3 nitrogen and oxygen atoms in total. The van der Waals surface area contributed by atoms with Crippen LogP contribution in [-0.2, 0) is 0 Å². The Morgan fingerprint density at radius 3 is 2.88 bits per heavy atom. The summed E-state index contributed by atoms with van der Waals surface area (Å²) in [5.41, 5.74) is 5.06. The molecule has 3 N–H and O–H groups in total. The molecule has 4 heteroatoms. The van der Waals surface area contributed by atoms with Crippen molar-refractivity contribution in [2.45, 2.75) is 6.23 Å². The molecule has 0 radical (unpaired) electrons. The second kappa shape index (κ2) is 2.21. The number of nitrogens with two attached hydrogens (primary N) is 1. The lowest BCUT2D eigenvalue weighted by atomic mass is 10.6. The van der Waals surface area contributed by atoms with E-state index in [-0.39, 0.29) is 0 Å². The molecule has 0 aliphatic carbocycles. The fourth-order valence-corrected chi connectivity index (χ4v) is 0.903. The van der Waals surface area contributed by atoms with Gasteiger partial charge in [-0.15, -0.1) is 11.3 Å². The van der Waals surface area contributed by atoms with E-state index in [0.29, 0.717) is 5.01 Å². The van der Waals surface area contributed by atoms with E-state index in [0.717, 1.165) is 0 Å². The molecule has 0 fully saturated rings. The van der Waals surface area contributed by atoms with Crippen molar-refractivity contribution in [2.75, 3.05) is 0 Å². The molecule has 1 unspecified atom stereocenters. The highest BCUT2D eigenvalue weighted by Crippen LogP contribution is 2.08. The van der Waals surface area contributed by atoms with E-state index in [1.165, 1.54) is 11.3 Å². The van der Waals surface area contributed by atoms with Gasteiger partial charge in [0.1, 0.15) is 5.01 Å². The van der Waals surface area contributed by atoms with E-state index in [1.54, 1.807) is 11.6 Å². The second-order valence-electron chi connectivity index (χ2n) is 1.32. The molecule has 1 aromatic heterocycles. The summed E-state index contributed by atoms with van der Waals surface area (Å²) in [6.07, 6.45) is 0.700. The number of hydrogen-bond donors (Lipinski definition) is 2. The van der Waals surface area contributed by atoms with Gasteiger partial charge in [0.05, 0.1) is 0 Å². The fourth-order valence-electron chi connectivity index (χ4n) is 0.381. The van der Waals surface area contributed by atoms with Gasteiger partial charge in [0.2, 0.25) is 0 Å². The standard InChI is InChI=1S/C4H6N2OS/c5-3(7)4-6-1-2-8-4/h1-3,7H,5H2. The van der Waals surface area contributed by atoms with Crippen LogP contribution in [0.4, 0.5) is 0 Å². The van der Waals surface area contributed by atoms with Gasteiger partial charge in [-0.3, -0.25) is 0 Å². The summed E-state index contributed by atoms with van der Waals surface area (Å²) < 4.78 is 0. The first-order valence-electron chi connectivity index (χ1n) is 2.14. The van der Waals surface area contributed by atoms with Gasteiger partial charge in [-0.2, -0.15) is 0 Å². The zero-order valence-corrected chi connectivity index (χ0v) is 4.93. The number of hydrogen-bond acceptors (Lipinski definition) is 4. The van der Waals surface area contributed by atoms with E-state index >= 15 is 0 Å². The average Bonchev–Trinajstić information content (AvgIpc) is 2.12. The summed E-state index contributed by atoms with van der Waals surface area (Å²) >= 11 is 1.34. The van der Waals surface area contributed by atoms with Gasteiger partial charge in [-0.25, -0.2) is 4.98 Å². The number of aromatic nitrogens is 1. The predicted molar refractivity (Wildman–Crippen MR) is 31.3 cm³/mol. The van der Waals surface area contributed by atoms with Crippen LogP contribution in [0.15, 0.2) is 11.6 Å². The summed E-state index contributed by atoms with van der Waals surface area (Å²) in [4.78, 5) is 3.76. The number of rotatable bonds is 1. The van der Waals surface area contributed by atoms with Crippen LogP contribution in [0.1, 0.15) is 11.2 Å². The minimum Gasteiger partial charge on any atom is -0.372 e. The number of thiazole rings is 1. The summed E-state index contributed by atoms with van der Waals surface area (Å²) in [5, 5.41) is 11.0. The molecule has 1 atom stereocenters. The SMILES string of the molecule is NC(O)c1nccs1. The summed E-state index contributed by atoms with van der Waals surface area (Å²) in [7, 11) is 0. The van der Waals surface area contributed by atoms with Crippen LogP contribution in [0.5, 0.6) is 0 Å². The molecule has 0 amide bonds. The minimum absolute atomic E-state index is 0.560. The van der Waals surface area contributed by atoms with Crippen molar-refractivity contribution < 1.29 is 5.11 Å². The first-order valence-corrected chi connectivity index (χ1v) is 3.01. The Labute approximate surface area is 50.8 Å². The number of aliphatic hydroxyl groups is 1. The number of aliphatic hydroxyl groups excluding tert-OH is 1. The Bertz CT molecular complexity index is 149. The molecule has 44 valence electrons. The van der Waals surface area contributed by atoms with E-state index in [4.69, 9.17) is 10.8 Å². The van der Waals surface area contributed by atoms with E-state index in [2.05, 4.69) is 4.98 Å². The molecule has 1 aromatic rings. The molecule has 0 aliphatic rings. The van der Waals surface area contributed by atoms with E-state index in [9.17, 15) is 0 Å². The third kappa shape index (κ3) is 1.03. The van der Waals surface area contributed by atoms with Crippen molar-refractivity contribution in [1.82, 2.24) is 4.98 Å². The van der Waals surface area contributed by atoms with Crippen LogP contribution in [-0.4, -0.2) is 10.1 Å². The molecule has 8 heavy (non-hydrogen) atoms. The Kier molecular flexibility index (Phi) is 1.57. The Hall–Kier alpha value is -0.450. The van der Waals surface area contributed by atoms with E-state index < -0.39 is 6.23 Å². The van der Waals surface area contributed by atoms with Crippen molar-refractivity contribution in [1.29, 1.82) is 0 Å². The topological polar surface area (TPSA) is 59.1 Å². The molecule has 0 saturated carbocycles. The third-order valence-corrected chi connectivity index (χ3v) is 1.55. The van der Waals surface area contributed by atoms with Crippen molar-refractivity contribution >= 4 is 11.3 Å². The van der Waals surface area contributed by atoms with Crippen LogP contribution in [0.25, 0.3) is 0 Å². The maximum Gasteiger partial charge on any atom is 0.155 e. The van der Waals surface area contributed by atoms with E-state index in [1.807, 2.05) is 0 Å². The Morgan fingerprint density at radius 1 is 1.88 bits per heavy atom. The van der Waals surface area contributed by atoms with Crippen LogP contribution >= 0.6 is 11.3 Å². The highest BCUT2D eigenvalue weighted by atomic mass is 32.1. The quantitative estimate of drug-likeness (QED) is 0.530. The molecule has 0 bridgehead atoms. The number of nitrogens with zero attached hydrogens (tertiary/aromatic N) is 1. The van der Waals surface area contributed by atoms with Gasteiger partial charge in [0, 0.05) is 11.6 Å². The Balaban J connectivity index is 2.77. The first-order chi connectivity index (χ1) is 3.80. The van der Waals surface area contributed by atoms with Crippen molar-refractivity contribution in [3.63, 3.8) is 0 Å². The average molecular weight is 130 g/mol. The van der Waals surface area contributed by atoms with Crippen LogP contribution < -0.4 is 5.73 Å². The molecular formula is C4H6N2OS. The molecule has 1 heterocycles. The molecule has 0 aliphatic heterocycles. The van der Waals surface area contributed by atoms with Gasteiger partial charge in [0.15, 0.2) is 6.23 Å². The Morgan fingerprint density at radius 2 is 2.62 bits per heavy atom. The van der Waals surface area contributed by atoms with Crippen molar-refractivity contribution in [3.05, 3.63) is 16.6 Å². The molecule has 0 saturated heterocycles. The molecule has 0 spiro atoms. The lowest BCUT2D eigenvalue weighted by Crippen LogP contribution is -2.07. The molecule has 0 aromatic carbocycles. The van der Waals surface area contributed by atoms with Crippen LogP contribution in [0, 0.1) is 0 Å². The third-order valence-electron chi connectivity index (χ3n) is 0.704. The van der Waals surface area contributed by atoms with Gasteiger partial charge in [-0.1, -0.05) is 0 Å². The maximum absolute atomic E-state index is 8.64. The van der Waals surface area contributed by atoms with Crippen LogP contribution in [0.2, 0.25) is 0 Å². The highest BCUT2D eigenvalue weighted by Gasteiger charge is 2.00. The van der Waals surface area contributed by atoms with Gasteiger partial charge in [0.25, 0.3) is 0 Å². The molecule has 1 rings (SSSR count). The zero-order valence-electron chi connectivity index (χ0n) is 4.11. The largest absolute Gasteiger partial charge is 0.372 e. The lowest BCUT2D eigenvalue weighted by molar-refractivity contribution is 0.186. The molecular weight excluding hydrogens is 124 g/mol. The van der Waals surface area contributed by atoms with Gasteiger partial charge >= 0.3 is 0 Å².